The number of hydrogen-bond donors (Lipinski definition) is 1. The van der Waals surface area contributed by atoms with Gasteiger partial charge in [0, 0.05) is 12.6 Å². The van der Waals surface area contributed by atoms with Crippen molar-refractivity contribution in [1.82, 2.24) is 5.32 Å². The van der Waals surface area contributed by atoms with Crippen LogP contribution in [0.5, 0.6) is 0 Å². The van der Waals surface area contributed by atoms with E-state index in [4.69, 9.17) is 0 Å². The van der Waals surface area contributed by atoms with E-state index in [2.05, 4.69) is 24.4 Å². The van der Waals surface area contributed by atoms with Crippen molar-refractivity contribution < 1.29 is 0 Å². The van der Waals surface area contributed by atoms with Gasteiger partial charge in [-0.1, -0.05) is 19.1 Å². The van der Waals surface area contributed by atoms with Gasteiger partial charge in [-0.2, -0.15) is 0 Å². The molecule has 0 aromatic rings. The van der Waals surface area contributed by atoms with Gasteiger partial charge in [0.2, 0.25) is 0 Å². The molecule has 0 saturated heterocycles. The van der Waals surface area contributed by atoms with Crippen LogP contribution in [0, 0.1) is 6.92 Å². The Bertz CT molecular complexity index is 86.4. The molecule has 0 aromatic carbocycles. The first kappa shape index (κ1) is 5.83. The summed E-state index contributed by atoms with van der Waals surface area (Å²) in [5.41, 5.74) is 0. The molecule has 1 nitrogen and oxygen atoms in total. The summed E-state index contributed by atoms with van der Waals surface area (Å²) in [4.78, 5) is 0. The van der Waals surface area contributed by atoms with E-state index >= 15 is 0 Å². The van der Waals surface area contributed by atoms with Gasteiger partial charge >= 0.3 is 0 Å². The summed E-state index contributed by atoms with van der Waals surface area (Å²) in [5, 5.41) is 3.32. The predicted octanol–water partition coefficient (Wildman–Crippen LogP) is 1.13. The van der Waals surface area contributed by atoms with Gasteiger partial charge in [-0.25, -0.2) is 0 Å². The number of rotatable bonds is 1. The van der Waals surface area contributed by atoms with E-state index in [1.807, 2.05) is 0 Å². The van der Waals surface area contributed by atoms with Crippen molar-refractivity contribution in [3.63, 3.8) is 0 Å². The smallest absolute Gasteiger partial charge is 0.0137 e. The molecule has 0 bridgehead atoms. The van der Waals surface area contributed by atoms with Crippen LogP contribution in [0.2, 0.25) is 0 Å². The third-order valence-electron chi connectivity index (χ3n) is 1.46. The molecule has 1 heteroatoms. The van der Waals surface area contributed by atoms with Crippen molar-refractivity contribution in [2.45, 2.75) is 18.9 Å². The van der Waals surface area contributed by atoms with E-state index in [-0.39, 0.29) is 0 Å². The second kappa shape index (κ2) is 2.88. The molecule has 1 aliphatic heterocycles. The SMILES string of the molecule is [CH2]CC1CC=CCN1. The van der Waals surface area contributed by atoms with Crippen molar-refractivity contribution in [2.24, 2.45) is 0 Å². The normalized spacial score (nSPS) is 28.4. The average Bonchev–Trinajstić information content (AvgIpc) is 1.90. The molecule has 8 heavy (non-hydrogen) atoms. The van der Waals surface area contributed by atoms with Crippen LogP contribution in [0.15, 0.2) is 12.2 Å². The minimum absolute atomic E-state index is 0.639. The predicted molar refractivity (Wildman–Crippen MR) is 35.5 cm³/mol. The fourth-order valence-electron chi connectivity index (χ4n) is 0.882. The summed E-state index contributed by atoms with van der Waals surface area (Å²) < 4.78 is 0. The minimum atomic E-state index is 0.639. The van der Waals surface area contributed by atoms with Gasteiger partial charge in [0.05, 0.1) is 0 Å². The third kappa shape index (κ3) is 1.34. The maximum Gasteiger partial charge on any atom is 0.0137 e. The Labute approximate surface area is 50.8 Å². The van der Waals surface area contributed by atoms with Gasteiger partial charge < -0.3 is 5.32 Å². The maximum atomic E-state index is 3.81. The third-order valence-corrected chi connectivity index (χ3v) is 1.46. The number of hydrogen-bond acceptors (Lipinski definition) is 1. The molecule has 45 valence electrons. The molecule has 1 atom stereocenters. The summed E-state index contributed by atoms with van der Waals surface area (Å²) in [7, 11) is 0. The topological polar surface area (TPSA) is 12.0 Å². The average molecular weight is 110 g/mol. The zero-order chi connectivity index (χ0) is 5.82. The Morgan fingerprint density at radius 2 is 2.50 bits per heavy atom. The van der Waals surface area contributed by atoms with Crippen molar-refractivity contribution >= 4 is 0 Å². The van der Waals surface area contributed by atoms with E-state index in [1.54, 1.807) is 0 Å². The van der Waals surface area contributed by atoms with E-state index in [0.29, 0.717) is 6.04 Å². The first-order valence-electron chi connectivity index (χ1n) is 3.11. The highest BCUT2D eigenvalue weighted by Crippen LogP contribution is 2.01. The molecule has 1 radical (unpaired) electrons. The van der Waals surface area contributed by atoms with Crippen LogP contribution in [-0.4, -0.2) is 12.6 Å². The molecular formula is C7H12N. The summed E-state index contributed by atoms with van der Waals surface area (Å²) in [5.74, 6) is 0. The van der Waals surface area contributed by atoms with Gasteiger partial charge in [-0.05, 0) is 12.8 Å². The van der Waals surface area contributed by atoms with Crippen LogP contribution >= 0.6 is 0 Å². The molecule has 1 heterocycles. The Kier molecular flexibility index (Phi) is 2.10. The van der Waals surface area contributed by atoms with Gasteiger partial charge in [0.1, 0.15) is 0 Å². The fourth-order valence-corrected chi connectivity index (χ4v) is 0.882. The number of nitrogens with one attached hydrogen (secondary N) is 1. The van der Waals surface area contributed by atoms with Crippen molar-refractivity contribution in [1.29, 1.82) is 0 Å². The fraction of sp³-hybridized carbons (Fsp3) is 0.571. The molecular weight excluding hydrogens is 98.1 g/mol. The molecule has 0 saturated carbocycles. The minimum Gasteiger partial charge on any atom is -0.310 e. The van der Waals surface area contributed by atoms with Crippen LogP contribution in [0.3, 0.4) is 0 Å². The highest BCUT2D eigenvalue weighted by molar-refractivity contribution is 4.94. The second-order valence-corrected chi connectivity index (χ2v) is 2.10. The lowest BCUT2D eigenvalue weighted by Crippen LogP contribution is -2.30. The first-order chi connectivity index (χ1) is 3.93. The monoisotopic (exact) mass is 110 g/mol. The molecule has 1 unspecified atom stereocenters. The van der Waals surface area contributed by atoms with Crippen molar-refractivity contribution in [3.05, 3.63) is 19.1 Å². The molecule has 1 N–H and O–H groups in total. The summed E-state index contributed by atoms with van der Waals surface area (Å²) in [6, 6.07) is 0.639. The zero-order valence-electron chi connectivity index (χ0n) is 5.06. The summed E-state index contributed by atoms with van der Waals surface area (Å²) >= 11 is 0. The van der Waals surface area contributed by atoms with Gasteiger partial charge in [0.15, 0.2) is 0 Å². The van der Waals surface area contributed by atoms with Crippen molar-refractivity contribution in [2.75, 3.05) is 6.54 Å². The van der Waals surface area contributed by atoms with Crippen LogP contribution < -0.4 is 5.32 Å². The van der Waals surface area contributed by atoms with Crippen LogP contribution in [0.4, 0.5) is 0 Å². The quantitative estimate of drug-likeness (QED) is 0.499. The lowest BCUT2D eigenvalue weighted by molar-refractivity contribution is 0.532. The molecule has 0 fully saturated rings. The molecule has 1 rings (SSSR count). The molecule has 0 amide bonds. The van der Waals surface area contributed by atoms with Crippen LogP contribution in [0.1, 0.15) is 12.8 Å². The summed E-state index contributed by atoms with van der Waals surface area (Å²) in [6.45, 7) is 4.84. The van der Waals surface area contributed by atoms with E-state index in [0.717, 1.165) is 19.4 Å². The molecule has 0 aromatic heterocycles. The van der Waals surface area contributed by atoms with E-state index in [1.165, 1.54) is 0 Å². The molecule has 0 aliphatic carbocycles. The Balaban J connectivity index is 2.27. The largest absolute Gasteiger partial charge is 0.310 e. The summed E-state index contributed by atoms with van der Waals surface area (Å²) in [6.07, 6.45) is 6.53. The first-order valence-corrected chi connectivity index (χ1v) is 3.11. The Hall–Kier alpha value is -0.300. The van der Waals surface area contributed by atoms with Crippen LogP contribution in [-0.2, 0) is 0 Å². The lowest BCUT2D eigenvalue weighted by atomic mass is 10.1. The van der Waals surface area contributed by atoms with E-state index in [9.17, 15) is 0 Å². The van der Waals surface area contributed by atoms with Crippen LogP contribution in [0.25, 0.3) is 0 Å². The molecule has 0 spiro atoms. The van der Waals surface area contributed by atoms with Gasteiger partial charge in [-0.15, -0.1) is 0 Å². The van der Waals surface area contributed by atoms with E-state index < -0.39 is 0 Å². The second-order valence-electron chi connectivity index (χ2n) is 2.10. The van der Waals surface area contributed by atoms with Gasteiger partial charge in [-0.3, -0.25) is 0 Å². The maximum absolute atomic E-state index is 3.81. The standard InChI is InChI=1S/C7H12N/c1-2-7-5-3-4-6-8-7/h3-4,7-8H,1-2,5-6H2. The highest BCUT2D eigenvalue weighted by atomic mass is 14.9. The highest BCUT2D eigenvalue weighted by Gasteiger charge is 2.03. The zero-order valence-corrected chi connectivity index (χ0v) is 5.06. The van der Waals surface area contributed by atoms with Crippen molar-refractivity contribution in [3.8, 4) is 0 Å². The lowest BCUT2D eigenvalue weighted by Gasteiger charge is -2.16. The molecule has 1 aliphatic rings. The van der Waals surface area contributed by atoms with Gasteiger partial charge in [0.25, 0.3) is 0 Å². The Morgan fingerprint density at radius 3 is 2.88 bits per heavy atom. The Morgan fingerprint density at radius 1 is 1.62 bits per heavy atom.